The molecule has 2 heterocycles. The molecule has 4 aromatic rings. The first-order valence-electron chi connectivity index (χ1n) is 15.0. The van der Waals surface area contributed by atoms with Gasteiger partial charge in [0.25, 0.3) is 0 Å². The number of phenolic OH excluding ortho intramolecular Hbond substituents is 1. The summed E-state index contributed by atoms with van der Waals surface area (Å²) < 4.78 is 52.1. The van der Waals surface area contributed by atoms with Crippen LogP contribution in [0.15, 0.2) is 30.5 Å². The Morgan fingerprint density at radius 1 is 1.19 bits per heavy atom. The van der Waals surface area contributed by atoms with Gasteiger partial charge >= 0.3 is 6.01 Å². The number of fused-ring (bicyclic) bond motifs is 3. The molecule has 2 aliphatic carbocycles. The largest absolute Gasteiger partial charge is 0.508 e. The highest BCUT2D eigenvalue weighted by atomic mass is 19.1. The van der Waals surface area contributed by atoms with Crippen molar-refractivity contribution in [1.82, 2.24) is 15.0 Å². The number of pyridine rings is 1. The maximum atomic E-state index is 16.5. The minimum atomic E-state index is -0.853. The Morgan fingerprint density at radius 3 is 2.81 bits per heavy atom. The third-order valence-corrected chi connectivity index (χ3v) is 9.04. The number of aromatic hydroxyl groups is 1. The molecule has 2 aromatic heterocycles. The molecule has 9 heteroatoms. The van der Waals surface area contributed by atoms with Gasteiger partial charge < -0.3 is 15.2 Å². The SMILES string of the molecule is C#Cc1c(F)ccc2cc(O)cc(-c3ncc4c(NCC(C)C)nc(OCC56CCCCCC5C[C@H](F)C6)nc4c3F)c12. The number of alkyl halides is 1. The smallest absolute Gasteiger partial charge is 0.319 e. The van der Waals surface area contributed by atoms with E-state index in [4.69, 9.17) is 11.2 Å². The lowest BCUT2D eigenvalue weighted by atomic mass is 9.75. The lowest BCUT2D eigenvalue weighted by Gasteiger charge is -2.33. The van der Waals surface area contributed by atoms with E-state index in [0.29, 0.717) is 36.0 Å². The number of rotatable bonds is 7. The molecule has 6 nitrogen and oxygen atoms in total. The van der Waals surface area contributed by atoms with Crippen LogP contribution in [0, 0.1) is 41.2 Å². The minimum absolute atomic E-state index is 0.00869. The predicted molar refractivity (Wildman–Crippen MR) is 162 cm³/mol. The van der Waals surface area contributed by atoms with Crippen LogP contribution in [0.1, 0.15) is 64.4 Å². The van der Waals surface area contributed by atoms with Crippen LogP contribution in [0.2, 0.25) is 0 Å². The first kappa shape index (κ1) is 29.0. The summed E-state index contributed by atoms with van der Waals surface area (Å²) in [4.78, 5) is 13.5. The highest BCUT2D eigenvalue weighted by Gasteiger charge is 2.48. The number of nitrogens with zero attached hydrogens (tertiary/aromatic N) is 3. The van der Waals surface area contributed by atoms with Gasteiger partial charge in [0.15, 0.2) is 5.82 Å². The Labute approximate surface area is 249 Å². The van der Waals surface area contributed by atoms with Gasteiger partial charge in [0.1, 0.15) is 34.8 Å². The van der Waals surface area contributed by atoms with E-state index in [9.17, 15) is 13.9 Å². The molecular formula is C34H35F3N4O2. The second kappa shape index (κ2) is 11.6. The van der Waals surface area contributed by atoms with Crippen LogP contribution < -0.4 is 10.1 Å². The number of nitrogens with one attached hydrogen (secondary N) is 1. The van der Waals surface area contributed by atoms with E-state index in [1.807, 2.05) is 13.8 Å². The van der Waals surface area contributed by atoms with Crippen molar-refractivity contribution in [3.63, 3.8) is 0 Å². The molecule has 0 saturated heterocycles. The van der Waals surface area contributed by atoms with Gasteiger partial charge in [0.2, 0.25) is 0 Å². The molecule has 224 valence electrons. The molecule has 0 bridgehead atoms. The molecule has 43 heavy (non-hydrogen) atoms. The second-order valence-electron chi connectivity index (χ2n) is 12.5. The zero-order chi connectivity index (χ0) is 30.3. The number of aromatic nitrogens is 3. The van der Waals surface area contributed by atoms with Gasteiger partial charge in [0.05, 0.1) is 17.6 Å². The third kappa shape index (κ3) is 5.44. The van der Waals surface area contributed by atoms with Crippen LogP contribution in [0.4, 0.5) is 19.0 Å². The topological polar surface area (TPSA) is 80.2 Å². The van der Waals surface area contributed by atoms with Crippen LogP contribution in [-0.4, -0.2) is 39.4 Å². The molecule has 2 aliphatic rings. The number of benzene rings is 2. The first-order valence-corrected chi connectivity index (χ1v) is 15.0. The van der Waals surface area contributed by atoms with Gasteiger partial charge in [-0.3, -0.25) is 4.98 Å². The lowest BCUT2D eigenvalue weighted by molar-refractivity contribution is 0.0820. The van der Waals surface area contributed by atoms with E-state index in [0.717, 1.165) is 32.1 Å². The Morgan fingerprint density at radius 2 is 2.02 bits per heavy atom. The van der Waals surface area contributed by atoms with Crippen molar-refractivity contribution in [2.75, 3.05) is 18.5 Å². The summed E-state index contributed by atoms with van der Waals surface area (Å²) in [5, 5.41) is 14.8. The summed E-state index contributed by atoms with van der Waals surface area (Å²) in [6.45, 7) is 4.90. The van der Waals surface area contributed by atoms with Crippen LogP contribution >= 0.6 is 0 Å². The van der Waals surface area contributed by atoms with Crippen molar-refractivity contribution in [2.45, 2.75) is 65.0 Å². The maximum absolute atomic E-state index is 16.5. The highest BCUT2D eigenvalue weighted by Crippen LogP contribution is 2.52. The summed E-state index contributed by atoms with van der Waals surface area (Å²) in [7, 11) is 0. The van der Waals surface area contributed by atoms with E-state index in [-0.39, 0.29) is 63.3 Å². The maximum Gasteiger partial charge on any atom is 0.319 e. The van der Waals surface area contributed by atoms with Crippen molar-refractivity contribution < 1.29 is 23.0 Å². The summed E-state index contributed by atoms with van der Waals surface area (Å²) in [5.74, 6) is 1.66. The van der Waals surface area contributed by atoms with Gasteiger partial charge in [-0.25, -0.2) is 13.2 Å². The standard InChI is InChI=1S/C34H35F3N4O2/c1-4-24-27(36)10-9-20-12-23(42)14-25(28(20)24)30-29(37)31-26(17-38-30)32(39-16-19(2)3)41-33(40-31)43-18-34-11-7-5-6-8-21(34)13-22(35)15-34/h1,9-10,12,14,17,19,21-22,42H,5-8,11,13,15-16,18H2,2-3H3,(H,39,40,41)/t21?,22-,34?/m0/s1. The van der Waals surface area contributed by atoms with Crippen LogP contribution in [0.3, 0.4) is 0 Å². The molecule has 0 aliphatic heterocycles. The monoisotopic (exact) mass is 588 g/mol. The van der Waals surface area contributed by atoms with Crippen LogP contribution in [-0.2, 0) is 0 Å². The molecule has 0 spiro atoms. The quantitative estimate of drug-likeness (QED) is 0.213. The lowest BCUT2D eigenvalue weighted by Crippen LogP contribution is -2.32. The normalized spacial score (nSPS) is 22.0. The number of terminal acetylenes is 1. The highest BCUT2D eigenvalue weighted by molar-refractivity contribution is 6.02. The molecule has 2 N–H and O–H groups in total. The average molecular weight is 589 g/mol. The van der Waals surface area contributed by atoms with E-state index < -0.39 is 17.8 Å². The Kier molecular flexibility index (Phi) is 7.80. The summed E-state index contributed by atoms with van der Waals surface area (Å²) >= 11 is 0. The zero-order valence-electron chi connectivity index (χ0n) is 24.4. The number of anilines is 1. The molecule has 6 rings (SSSR count). The Bertz CT molecular complexity index is 1740. The van der Waals surface area contributed by atoms with E-state index in [1.54, 1.807) is 0 Å². The number of phenols is 1. The first-order chi connectivity index (χ1) is 20.7. The molecule has 0 radical (unpaired) electrons. The fourth-order valence-electron chi connectivity index (χ4n) is 6.96. The minimum Gasteiger partial charge on any atom is -0.508 e. The summed E-state index contributed by atoms with van der Waals surface area (Å²) in [6.07, 6.45) is 12.3. The van der Waals surface area contributed by atoms with Crippen LogP contribution in [0.5, 0.6) is 11.8 Å². The van der Waals surface area contributed by atoms with Crippen LogP contribution in [0.25, 0.3) is 32.9 Å². The van der Waals surface area contributed by atoms with Gasteiger partial charge in [-0.15, -0.1) is 6.42 Å². The number of halogens is 3. The third-order valence-electron chi connectivity index (χ3n) is 9.04. The number of hydrogen-bond acceptors (Lipinski definition) is 6. The molecule has 2 aromatic carbocycles. The average Bonchev–Trinajstić information content (AvgIpc) is 3.16. The molecule has 2 fully saturated rings. The van der Waals surface area contributed by atoms with E-state index in [1.165, 1.54) is 30.5 Å². The van der Waals surface area contributed by atoms with E-state index in [2.05, 4.69) is 26.2 Å². The zero-order valence-corrected chi connectivity index (χ0v) is 24.4. The van der Waals surface area contributed by atoms with Crippen molar-refractivity contribution in [3.8, 4) is 35.4 Å². The molecule has 3 atom stereocenters. The van der Waals surface area contributed by atoms with Crippen molar-refractivity contribution >= 4 is 27.5 Å². The fourth-order valence-corrected chi connectivity index (χ4v) is 6.96. The Balaban J connectivity index is 1.47. The van der Waals surface area contributed by atoms with Crippen molar-refractivity contribution in [3.05, 3.63) is 47.7 Å². The number of ether oxygens (including phenoxy) is 1. The second-order valence-corrected chi connectivity index (χ2v) is 12.5. The Hall–Kier alpha value is -4.06. The molecule has 2 saturated carbocycles. The van der Waals surface area contributed by atoms with Gasteiger partial charge in [-0.1, -0.05) is 45.1 Å². The summed E-state index contributed by atoms with van der Waals surface area (Å²) in [5.41, 5.74) is -0.396. The van der Waals surface area contributed by atoms with Gasteiger partial charge in [0, 0.05) is 29.1 Å². The van der Waals surface area contributed by atoms with Gasteiger partial charge in [-0.05, 0) is 61.1 Å². The molecule has 2 unspecified atom stereocenters. The number of hydrogen-bond donors (Lipinski definition) is 2. The molecule has 0 amide bonds. The predicted octanol–water partition coefficient (Wildman–Crippen LogP) is 7.96. The summed E-state index contributed by atoms with van der Waals surface area (Å²) in [6, 6.07) is 5.43. The fraction of sp³-hybridized carbons (Fsp3) is 0.441. The van der Waals surface area contributed by atoms with Crippen molar-refractivity contribution in [1.29, 1.82) is 0 Å². The van der Waals surface area contributed by atoms with E-state index >= 15 is 4.39 Å². The van der Waals surface area contributed by atoms with Crippen molar-refractivity contribution in [2.24, 2.45) is 17.3 Å². The molecular weight excluding hydrogens is 553 g/mol. The van der Waals surface area contributed by atoms with Gasteiger partial charge in [-0.2, -0.15) is 9.97 Å².